The summed E-state index contributed by atoms with van der Waals surface area (Å²) in [6, 6.07) is 10.4. The quantitative estimate of drug-likeness (QED) is 0.366. The van der Waals surface area contributed by atoms with Crippen molar-refractivity contribution in [2.45, 2.75) is 70.6 Å². The van der Waals surface area contributed by atoms with E-state index in [0.29, 0.717) is 5.92 Å². The van der Waals surface area contributed by atoms with Gasteiger partial charge in [0.2, 0.25) is 0 Å². The third-order valence-electron chi connectivity index (χ3n) is 5.35. The van der Waals surface area contributed by atoms with E-state index in [2.05, 4.69) is 37.3 Å². The Balaban J connectivity index is 1.55. The molecule has 2 heteroatoms. The van der Waals surface area contributed by atoms with Crippen LogP contribution in [0.25, 0.3) is 0 Å². The summed E-state index contributed by atoms with van der Waals surface area (Å²) in [4.78, 5) is 0. The Labute approximate surface area is 153 Å². The maximum atomic E-state index is 8.89. The molecule has 0 N–H and O–H groups in total. The average molecular weight is 340 g/mol. The molecular weight excluding hydrogens is 306 g/mol. The van der Waals surface area contributed by atoms with Gasteiger partial charge in [0.1, 0.15) is 0 Å². The lowest BCUT2D eigenvalue weighted by molar-refractivity contribution is 0.116. The normalized spacial score (nSPS) is 20.6. The molecule has 1 aromatic carbocycles. The molecule has 1 fully saturated rings. The average Bonchev–Trinajstić information content (AvgIpc) is 2.67. The first kappa shape index (κ1) is 19.7. The third-order valence-corrected chi connectivity index (χ3v) is 5.35. The van der Waals surface area contributed by atoms with E-state index in [1.807, 2.05) is 12.1 Å². The van der Waals surface area contributed by atoms with Crippen molar-refractivity contribution in [3.63, 3.8) is 0 Å². The van der Waals surface area contributed by atoms with Crippen LogP contribution in [0.15, 0.2) is 36.4 Å². The Morgan fingerprint density at radius 3 is 2.44 bits per heavy atom. The standard InChI is InChI=1S/C23H33NO/c1-2-3-4-5-6-7-17-25-18-16-20-8-12-22(13-9-20)23-14-10-21(19-24)11-15-23/h5-6,10-11,14-15,20,22H,2-4,7-9,12-13,16-18H2,1H3/b6-5+. The minimum atomic E-state index is 0.679. The van der Waals surface area contributed by atoms with Crippen LogP contribution in [0.2, 0.25) is 0 Å². The van der Waals surface area contributed by atoms with Crippen LogP contribution in [0.1, 0.15) is 81.8 Å². The predicted octanol–water partition coefficient (Wildman–Crippen LogP) is 6.38. The van der Waals surface area contributed by atoms with Crippen LogP contribution in [0.5, 0.6) is 0 Å². The fraction of sp³-hybridized carbons (Fsp3) is 0.609. The van der Waals surface area contributed by atoms with Gasteiger partial charge in [0.05, 0.1) is 18.2 Å². The summed E-state index contributed by atoms with van der Waals surface area (Å²) in [6.07, 6.45) is 15.8. The second kappa shape index (κ2) is 11.9. The second-order valence-electron chi connectivity index (χ2n) is 7.25. The van der Waals surface area contributed by atoms with Gasteiger partial charge in [0.15, 0.2) is 0 Å². The Kier molecular flexibility index (Phi) is 9.37. The number of hydrogen-bond acceptors (Lipinski definition) is 2. The van der Waals surface area contributed by atoms with E-state index < -0.39 is 0 Å². The van der Waals surface area contributed by atoms with Crippen molar-refractivity contribution < 1.29 is 4.74 Å². The zero-order chi connectivity index (χ0) is 17.7. The Morgan fingerprint density at radius 1 is 1.04 bits per heavy atom. The fourth-order valence-corrected chi connectivity index (χ4v) is 3.68. The molecule has 0 radical (unpaired) electrons. The molecule has 0 unspecified atom stereocenters. The lowest BCUT2D eigenvalue weighted by Crippen LogP contribution is -2.15. The van der Waals surface area contributed by atoms with Crippen LogP contribution in [0.4, 0.5) is 0 Å². The third kappa shape index (κ3) is 7.45. The number of ether oxygens (including phenoxy) is 1. The molecule has 0 amide bonds. The number of benzene rings is 1. The highest BCUT2D eigenvalue weighted by Crippen LogP contribution is 2.37. The van der Waals surface area contributed by atoms with Crippen molar-refractivity contribution in [3.05, 3.63) is 47.5 Å². The highest BCUT2D eigenvalue weighted by atomic mass is 16.5. The second-order valence-corrected chi connectivity index (χ2v) is 7.25. The van der Waals surface area contributed by atoms with Crippen LogP contribution in [-0.4, -0.2) is 13.2 Å². The number of rotatable bonds is 10. The first-order valence-electron chi connectivity index (χ1n) is 10.1. The molecule has 0 aliphatic heterocycles. The summed E-state index contributed by atoms with van der Waals surface area (Å²) in [6.45, 7) is 4.01. The minimum Gasteiger partial charge on any atom is -0.381 e. The number of nitriles is 1. The van der Waals surface area contributed by atoms with E-state index >= 15 is 0 Å². The summed E-state index contributed by atoms with van der Waals surface area (Å²) in [5, 5.41) is 8.89. The van der Waals surface area contributed by atoms with Gasteiger partial charge in [-0.05, 0) is 74.5 Å². The van der Waals surface area contributed by atoms with Crippen LogP contribution in [-0.2, 0) is 4.74 Å². The molecule has 0 atom stereocenters. The lowest BCUT2D eigenvalue weighted by Gasteiger charge is -2.28. The van der Waals surface area contributed by atoms with E-state index in [-0.39, 0.29) is 0 Å². The van der Waals surface area contributed by atoms with Gasteiger partial charge >= 0.3 is 0 Å². The number of unbranched alkanes of at least 4 members (excludes halogenated alkanes) is 2. The molecule has 1 aliphatic carbocycles. The van der Waals surface area contributed by atoms with Crippen molar-refractivity contribution in [1.29, 1.82) is 5.26 Å². The van der Waals surface area contributed by atoms with Gasteiger partial charge in [-0.25, -0.2) is 0 Å². The van der Waals surface area contributed by atoms with Crippen molar-refractivity contribution in [2.75, 3.05) is 13.2 Å². The Bertz CT molecular complexity index is 532. The molecule has 1 saturated carbocycles. The van der Waals surface area contributed by atoms with Gasteiger partial charge in [-0.2, -0.15) is 5.26 Å². The maximum Gasteiger partial charge on any atom is 0.0991 e. The van der Waals surface area contributed by atoms with Gasteiger partial charge in [-0.15, -0.1) is 0 Å². The van der Waals surface area contributed by atoms with Gasteiger partial charge in [0, 0.05) is 6.61 Å². The molecule has 0 saturated heterocycles. The van der Waals surface area contributed by atoms with Gasteiger partial charge in [0.25, 0.3) is 0 Å². The summed E-state index contributed by atoms with van der Waals surface area (Å²) >= 11 is 0. The maximum absolute atomic E-state index is 8.89. The number of hydrogen-bond donors (Lipinski definition) is 0. The minimum absolute atomic E-state index is 0.679. The van der Waals surface area contributed by atoms with E-state index in [9.17, 15) is 0 Å². The van der Waals surface area contributed by atoms with Crippen LogP contribution in [0.3, 0.4) is 0 Å². The molecule has 1 aliphatic rings. The monoisotopic (exact) mass is 339 g/mol. The first-order valence-corrected chi connectivity index (χ1v) is 10.1. The summed E-state index contributed by atoms with van der Waals surface area (Å²) in [5.41, 5.74) is 2.17. The van der Waals surface area contributed by atoms with Gasteiger partial charge in [-0.3, -0.25) is 0 Å². The van der Waals surface area contributed by atoms with Crippen molar-refractivity contribution in [3.8, 4) is 6.07 Å². The summed E-state index contributed by atoms with van der Waals surface area (Å²) in [7, 11) is 0. The highest BCUT2D eigenvalue weighted by Gasteiger charge is 2.22. The van der Waals surface area contributed by atoms with Crippen molar-refractivity contribution in [1.82, 2.24) is 0 Å². The van der Waals surface area contributed by atoms with E-state index in [0.717, 1.165) is 31.1 Å². The number of allylic oxidation sites excluding steroid dienone is 1. The summed E-state index contributed by atoms with van der Waals surface area (Å²) in [5.74, 6) is 1.51. The molecule has 2 rings (SSSR count). The summed E-state index contributed by atoms with van der Waals surface area (Å²) < 4.78 is 5.80. The largest absolute Gasteiger partial charge is 0.381 e. The SMILES string of the molecule is CCCC/C=C/CCOCCC1CCC(c2ccc(C#N)cc2)CC1. The van der Waals surface area contributed by atoms with Crippen molar-refractivity contribution >= 4 is 0 Å². The number of nitrogens with zero attached hydrogens (tertiary/aromatic N) is 1. The molecule has 0 aromatic heterocycles. The molecule has 0 spiro atoms. The topological polar surface area (TPSA) is 33.0 Å². The molecule has 136 valence electrons. The van der Waals surface area contributed by atoms with Crippen LogP contribution >= 0.6 is 0 Å². The molecule has 25 heavy (non-hydrogen) atoms. The highest BCUT2D eigenvalue weighted by molar-refractivity contribution is 5.33. The Morgan fingerprint density at radius 2 is 1.76 bits per heavy atom. The zero-order valence-electron chi connectivity index (χ0n) is 15.8. The molecule has 0 bridgehead atoms. The van der Waals surface area contributed by atoms with Gasteiger partial charge < -0.3 is 4.74 Å². The predicted molar refractivity (Wildman–Crippen MR) is 105 cm³/mol. The van der Waals surface area contributed by atoms with E-state index in [1.54, 1.807) is 0 Å². The fourth-order valence-electron chi connectivity index (χ4n) is 3.68. The zero-order valence-corrected chi connectivity index (χ0v) is 15.8. The smallest absolute Gasteiger partial charge is 0.0991 e. The lowest BCUT2D eigenvalue weighted by atomic mass is 9.77. The van der Waals surface area contributed by atoms with E-state index in [1.165, 1.54) is 56.9 Å². The molecular formula is C23H33NO. The van der Waals surface area contributed by atoms with Crippen LogP contribution < -0.4 is 0 Å². The van der Waals surface area contributed by atoms with Crippen molar-refractivity contribution in [2.24, 2.45) is 5.92 Å². The van der Waals surface area contributed by atoms with Crippen LogP contribution in [0, 0.1) is 17.2 Å². The molecule has 1 aromatic rings. The molecule has 0 heterocycles. The van der Waals surface area contributed by atoms with E-state index in [4.69, 9.17) is 10.00 Å². The Hall–Kier alpha value is -1.59. The molecule has 2 nitrogen and oxygen atoms in total. The van der Waals surface area contributed by atoms with Gasteiger partial charge in [-0.1, -0.05) is 44.1 Å². The first-order chi connectivity index (χ1) is 12.3.